The predicted octanol–water partition coefficient (Wildman–Crippen LogP) is 1.98. The average molecular weight is 474 g/mol. The number of aromatic nitrogens is 1. The van der Waals surface area contributed by atoms with Gasteiger partial charge in [-0.2, -0.15) is 0 Å². The number of fused-ring (bicyclic) bond motifs is 1. The summed E-state index contributed by atoms with van der Waals surface area (Å²) in [5, 5.41) is 2.14. The Hall–Kier alpha value is -1.68. The van der Waals surface area contributed by atoms with Crippen LogP contribution in [0.3, 0.4) is 0 Å². The Morgan fingerprint density at radius 1 is 1.23 bits per heavy atom. The molecular formula is C14H9BrIN3O3. The maximum absolute atomic E-state index is 12.4. The van der Waals surface area contributed by atoms with Crippen molar-refractivity contribution in [1.29, 1.82) is 0 Å². The van der Waals surface area contributed by atoms with Gasteiger partial charge in [0, 0.05) is 14.1 Å². The second-order valence-electron chi connectivity index (χ2n) is 4.78. The number of imide groups is 1. The first kappa shape index (κ1) is 15.2. The van der Waals surface area contributed by atoms with E-state index in [0.717, 1.165) is 19.7 Å². The van der Waals surface area contributed by atoms with Crippen LogP contribution in [-0.4, -0.2) is 16.4 Å². The van der Waals surface area contributed by atoms with Gasteiger partial charge < -0.3 is 5.73 Å². The van der Waals surface area contributed by atoms with Gasteiger partial charge in [0.25, 0.3) is 17.4 Å². The van der Waals surface area contributed by atoms with Crippen LogP contribution in [0, 0.1) is 10.5 Å². The standard InChI is InChI=1S/C14H9BrIN3O3/c1-5-7(15)2-3-8(11(5)16)19-9(20)4-6-10(12(19)17)14(22)18-13(6)21/h2-4H,17H2,1H3,(H,18,21,22). The fraction of sp³-hybridized carbons (Fsp3) is 0.0714. The highest BCUT2D eigenvalue weighted by Gasteiger charge is 2.32. The van der Waals surface area contributed by atoms with Crippen LogP contribution in [0.4, 0.5) is 5.82 Å². The molecule has 2 aromatic rings. The van der Waals surface area contributed by atoms with Gasteiger partial charge in [0.1, 0.15) is 5.82 Å². The highest BCUT2D eigenvalue weighted by molar-refractivity contribution is 14.1. The summed E-state index contributed by atoms with van der Waals surface area (Å²) in [6.45, 7) is 1.90. The van der Waals surface area contributed by atoms with Crippen molar-refractivity contribution in [3.8, 4) is 5.69 Å². The molecule has 0 fully saturated rings. The van der Waals surface area contributed by atoms with Crippen LogP contribution in [-0.2, 0) is 0 Å². The number of carbonyl (C=O) groups excluding carboxylic acids is 2. The van der Waals surface area contributed by atoms with Gasteiger partial charge in [-0.05, 0) is 47.2 Å². The van der Waals surface area contributed by atoms with Crippen molar-refractivity contribution >= 4 is 56.2 Å². The number of carbonyl (C=O) groups is 2. The van der Waals surface area contributed by atoms with Gasteiger partial charge in [0.05, 0.1) is 16.8 Å². The van der Waals surface area contributed by atoms with Crippen molar-refractivity contribution in [2.45, 2.75) is 6.92 Å². The average Bonchev–Trinajstić information content (AvgIpc) is 2.73. The molecule has 1 aliphatic rings. The van der Waals surface area contributed by atoms with Gasteiger partial charge in [-0.25, -0.2) is 0 Å². The molecule has 3 N–H and O–H groups in total. The zero-order chi connectivity index (χ0) is 16.2. The molecule has 0 atom stereocenters. The van der Waals surface area contributed by atoms with Gasteiger partial charge in [0.15, 0.2) is 0 Å². The molecule has 8 heteroatoms. The lowest BCUT2D eigenvalue weighted by Crippen LogP contribution is -2.24. The monoisotopic (exact) mass is 473 g/mol. The Labute approximate surface area is 147 Å². The normalized spacial score (nSPS) is 13.2. The summed E-state index contributed by atoms with van der Waals surface area (Å²) < 4.78 is 2.98. The molecule has 0 bridgehead atoms. The third kappa shape index (κ3) is 2.09. The molecule has 0 aliphatic carbocycles. The third-order valence-electron chi connectivity index (χ3n) is 3.49. The van der Waals surface area contributed by atoms with E-state index in [1.165, 1.54) is 4.57 Å². The van der Waals surface area contributed by atoms with Gasteiger partial charge in [0.2, 0.25) is 0 Å². The lowest BCUT2D eigenvalue weighted by molar-refractivity contribution is 0.0880. The van der Waals surface area contributed by atoms with Crippen LogP contribution in [0.5, 0.6) is 0 Å². The molecule has 6 nitrogen and oxygen atoms in total. The van der Waals surface area contributed by atoms with Crippen molar-refractivity contribution < 1.29 is 9.59 Å². The van der Waals surface area contributed by atoms with E-state index in [1.807, 2.05) is 6.92 Å². The third-order valence-corrected chi connectivity index (χ3v) is 5.71. The van der Waals surface area contributed by atoms with E-state index < -0.39 is 17.4 Å². The molecule has 0 saturated heterocycles. The fourth-order valence-electron chi connectivity index (χ4n) is 2.35. The molecule has 22 heavy (non-hydrogen) atoms. The van der Waals surface area contributed by atoms with Crippen LogP contribution < -0.4 is 16.6 Å². The smallest absolute Gasteiger partial charge is 0.262 e. The first-order valence-corrected chi connectivity index (χ1v) is 8.06. The van der Waals surface area contributed by atoms with E-state index in [9.17, 15) is 14.4 Å². The van der Waals surface area contributed by atoms with Crippen molar-refractivity contribution in [2.24, 2.45) is 0 Å². The Morgan fingerprint density at radius 3 is 2.59 bits per heavy atom. The molecule has 2 heterocycles. The number of hydrogen-bond donors (Lipinski definition) is 2. The zero-order valence-electron chi connectivity index (χ0n) is 11.2. The summed E-state index contributed by atoms with van der Waals surface area (Å²) >= 11 is 5.54. The highest BCUT2D eigenvalue weighted by atomic mass is 127. The minimum absolute atomic E-state index is 0.0209. The first-order valence-electron chi connectivity index (χ1n) is 6.19. The largest absolute Gasteiger partial charge is 0.384 e. The Kier molecular flexibility index (Phi) is 3.60. The molecule has 0 unspecified atom stereocenters. The topological polar surface area (TPSA) is 94.2 Å². The summed E-state index contributed by atoms with van der Waals surface area (Å²) in [5.74, 6) is -1.22. The summed E-state index contributed by atoms with van der Waals surface area (Å²) in [6, 6.07) is 4.67. The number of nitrogen functional groups attached to an aromatic ring is 1. The number of rotatable bonds is 1. The molecule has 1 aromatic carbocycles. The number of anilines is 1. The van der Waals surface area contributed by atoms with E-state index >= 15 is 0 Å². The van der Waals surface area contributed by atoms with Crippen molar-refractivity contribution in [1.82, 2.24) is 9.88 Å². The number of pyridine rings is 1. The SMILES string of the molecule is Cc1c(Br)ccc(-n2c(N)c3c(cc2=O)C(=O)NC3=O)c1I. The number of hydrogen-bond acceptors (Lipinski definition) is 4. The maximum Gasteiger partial charge on any atom is 0.262 e. The van der Waals surface area contributed by atoms with Gasteiger partial charge in [-0.1, -0.05) is 15.9 Å². The Balaban J connectivity index is 2.38. The minimum Gasteiger partial charge on any atom is -0.384 e. The van der Waals surface area contributed by atoms with Gasteiger partial charge in [-0.15, -0.1) is 0 Å². The zero-order valence-corrected chi connectivity index (χ0v) is 15.0. The molecule has 0 radical (unpaired) electrons. The van der Waals surface area contributed by atoms with Crippen LogP contribution in [0.15, 0.2) is 27.5 Å². The highest BCUT2D eigenvalue weighted by Crippen LogP contribution is 2.29. The number of nitrogens with two attached hydrogens (primary N) is 1. The quantitative estimate of drug-likeness (QED) is 0.489. The Bertz CT molecular complexity index is 921. The van der Waals surface area contributed by atoms with E-state index in [-0.39, 0.29) is 16.9 Å². The molecule has 0 saturated carbocycles. The molecular weight excluding hydrogens is 465 g/mol. The predicted molar refractivity (Wildman–Crippen MR) is 93.4 cm³/mol. The Morgan fingerprint density at radius 2 is 1.91 bits per heavy atom. The molecule has 0 spiro atoms. The maximum atomic E-state index is 12.4. The van der Waals surface area contributed by atoms with Crippen LogP contribution in [0.25, 0.3) is 5.69 Å². The van der Waals surface area contributed by atoms with E-state index in [1.54, 1.807) is 12.1 Å². The second kappa shape index (κ2) is 5.20. The lowest BCUT2D eigenvalue weighted by Gasteiger charge is -2.15. The van der Waals surface area contributed by atoms with E-state index in [0.29, 0.717) is 5.69 Å². The van der Waals surface area contributed by atoms with E-state index in [2.05, 4.69) is 43.8 Å². The molecule has 1 aromatic heterocycles. The summed E-state index contributed by atoms with van der Waals surface area (Å²) in [6.07, 6.45) is 0. The number of nitrogens with one attached hydrogen (secondary N) is 1. The number of nitrogens with zero attached hydrogens (tertiary/aromatic N) is 1. The molecule has 1 aliphatic heterocycles. The number of amides is 2. The summed E-state index contributed by atoms with van der Waals surface area (Å²) in [5.41, 5.74) is 7.14. The second-order valence-corrected chi connectivity index (χ2v) is 6.71. The van der Waals surface area contributed by atoms with Gasteiger partial charge >= 0.3 is 0 Å². The summed E-state index contributed by atoms with van der Waals surface area (Å²) in [7, 11) is 0. The van der Waals surface area contributed by atoms with Crippen molar-refractivity contribution in [2.75, 3.05) is 5.73 Å². The molecule has 3 rings (SSSR count). The first-order chi connectivity index (χ1) is 10.3. The van der Waals surface area contributed by atoms with Crippen LogP contribution >= 0.6 is 38.5 Å². The number of benzene rings is 1. The summed E-state index contributed by atoms with van der Waals surface area (Å²) in [4.78, 5) is 35.9. The van der Waals surface area contributed by atoms with E-state index in [4.69, 9.17) is 5.73 Å². The number of halogens is 2. The van der Waals surface area contributed by atoms with Crippen LogP contribution in [0.1, 0.15) is 26.3 Å². The lowest BCUT2D eigenvalue weighted by atomic mass is 10.1. The van der Waals surface area contributed by atoms with Gasteiger partial charge in [-0.3, -0.25) is 24.3 Å². The molecule has 112 valence electrons. The molecule has 2 amide bonds. The fourth-order valence-corrected chi connectivity index (χ4v) is 3.76. The van der Waals surface area contributed by atoms with Crippen LogP contribution in [0.2, 0.25) is 0 Å². The van der Waals surface area contributed by atoms with Crippen molar-refractivity contribution in [3.05, 3.63) is 53.3 Å². The van der Waals surface area contributed by atoms with Crippen molar-refractivity contribution in [3.63, 3.8) is 0 Å². The minimum atomic E-state index is -0.599.